The topological polar surface area (TPSA) is 71.2 Å². The fraction of sp³-hybridized carbons (Fsp3) is 0.714. The molecule has 0 saturated carbocycles. The second-order valence-electron chi connectivity index (χ2n) is 3.30. The van der Waals surface area contributed by atoms with E-state index in [0.29, 0.717) is 6.54 Å². The zero-order chi connectivity index (χ0) is 11.1. The second kappa shape index (κ2) is 3.46. The molecule has 0 bridgehead atoms. The third kappa shape index (κ3) is 2.10. The number of aliphatic hydroxyl groups is 1. The van der Waals surface area contributed by atoms with Gasteiger partial charge in [0.1, 0.15) is 0 Å². The summed E-state index contributed by atoms with van der Waals surface area (Å²) in [6.45, 7) is 0.314. The van der Waals surface area contributed by atoms with Crippen molar-refractivity contribution in [3.63, 3.8) is 0 Å². The van der Waals surface area contributed by atoms with E-state index in [1.54, 1.807) is 0 Å². The van der Waals surface area contributed by atoms with Crippen LogP contribution in [0.4, 0.5) is 13.2 Å². The normalized spacial score (nSPS) is 27.2. The number of hydrogen-bond acceptors (Lipinski definition) is 5. The molecule has 1 aliphatic rings. The van der Waals surface area contributed by atoms with Crippen molar-refractivity contribution < 1.29 is 22.8 Å². The molecule has 0 spiro atoms. The molecule has 15 heavy (non-hydrogen) atoms. The zero-order valence-corrected chi connectivity index (χ0v) is 7.45. The highest BCUT2D eigenvalue weighted by Gasteiger charge is 2.39. The molecule has 0 unspecified atom stereocenters. The van der Waals surface area contributed by atoms with E-state index < -0.39 is 24.1 Å². The van der Waals surface area contributed by atoms with E-state index in [2.05, 4.69) is 20.0 Å². The van der Waals surface area contributed by atoms with Gasteiger partial charge in [-0.15, -0.1) is 0 Å². The fourth-order valence-corrected chi connectivity index (χ4v) is 1.40. The van der Waals surface area contributed by atoms with Gasteiger partial charge in [-0.25, -0.2) is 0 Å². The molecule has 5 nitrogen and oxygen atoms in total. The van der Waals surface area contributed by atoms with Crippen LogP contribution >= 0.6 is 0 Å². The van der Waals surface area contributed by atoms with Crippen LogP contribution in [0, 0.1) is 0 Å². The van der Waals surface area contributed by atoms with Gasteiger partial charge in [0, 0.05) is 6.54 Å². The Balaban J connectivity index is 2.14. The van der Waals surface area contributed by atoms with Gasteiger partial charge in [0.05, 0.1) is 12.1 Å². The van der Waals surface area contributed by atoms with Crippen molar-refractivity contribution in [2.24, 2.45) is 0 Å². The molecular weight excluding hydrogens is 215 g/mol. The van der Waals surface area contributed by atoms with Gasteiger partial charge in [-0.05, 0) is 6.42 Å². The van der Waals surface area contributed by atoms with Crippen LogP contribution in [0.1, 0.15) is 24.2 Å². The molecule has 0 aliphatic carbocycles. The summed E-state index contributed by atoms with van der Waals surface area (Å²) in [5, 5.41) is 14.8. The minimum absolute atomic E-state index is 0.140. The Hall–Kier alpha value is -1.15. The van der Waals surface area contributed by atoms with E-state index in [0.717, 1.165) is 0 Å². The summed E-state index contributed by atoms with van der Waals surface area (Å²) in [5.74, 6) is -1.43. The van der Waals surface area contributed by atoms with Crippen LogP contribution in [-0.4, -0.2) is 27.9 Å². The second-order valence-corrected chi connectivity index (χ2v) is 3.30. The van der Waals surface area contributed by atoms with Gasteiger partial charge in [-0.3, -0.25) is 0 Å². The molecule has 2 heterocycles. The molecule has 2 atom stereocenters. The Morgan fingerprint density at radius 2 is 2.20 bits per heavy atom. The highest BCUT2D eigenvalue weighted by atomic mass is 19.4. The number of β-amino-alcohol motifs (C(OH)–C–C–N with tert-alkyl or cyclic N) is 1. The van der Waals surface area contributed by atoms with E-state index in [-0.39, 0.29) is 12.3 Å². The highest BCUT2D eigenvalue weighted by molar-refractivity contribution is 4.99. The molecule has 1 saturated heterocycles. The van der Waals surface area contributed by atoms with Gasteiger partial charge in [-0.2, -0.15) is 18.2 Å². The molecule has 8 heteroatoms. The van der Waals surface area contributed by atoms with Crippen molar-refractivity contribution in [1.82, 2.24) is 15.5 Å². The van der Waals surface area contributed by atoms with Crippen LogP contribution in [0.3, 0.4) is 0 Å². The molecule has 1 aromatic rings. The van der Waals surface area contributed by atoms with Gasteiger partial charge in [0.25, 0.3) is 5.82 Å². The monoisotopic (exact) mass is 223 g/mol. The fourth-order valence-electron chi connectivity index (χ4n) is 1.40. The van der Waals surface area contributed by atoms with Gasteiger partial charge in [0.2, 0.25) is 5.89 Å². The van der Waals surface area contributed by atoms with Crippen LogP contribution in [0.5, 0.6) is 0 Å². The van der Waals surface area contributed by atoms with E-state index in [9.17, 15) is 13.2 Å². The number of hydrogen-bond donors (Lipinski definition) is 2. The van der Waals surface area contributed by atoms with Crippen molar-refractivity contribution in [3.8, 4) is 0 Å². The van der Waals surface area contributed by atoms with Crippen LogP contribution in [0.25, 0.3) is 0 Å². The first kappa shape index (κ1) is 10.4. The summed E-state index contributed by atoms with van der Waals surface area (Å²) >= 11 is 0. The number of rotatable bonds is 1. The molecule has 0 aromatic carbocycles. The first-order chi connectivity index (χ1) is 6.97. The first-order valence-corrected chi connectivity index (χ1v) is 4.29. The summed E-state index contributed by atoms with van der Waals surface area (Å²) < 4.78 is 40.8. The average molecular weight is 223 g/mol. The molecule has 2 rings (SSSR count). The van der Waals surface area contributed by atoms with E-state index >= 15 is 0 Å². The summed E-state index contributed by atoms with van der Waals surface area (Å²) in [6.07, 6.45) is -4.91. The largest absolute Gasteiger partial charge is 0.455 e. The predicted molar refractivity (Wildman–Crippen MR) is 40.7 cm³/mol. The quantitative estimate of drug-likeness (QED) is 0.724. The number of alkyl halides is 3. The van der Waals surface area contributed by atoms with Crippen LogP contribution < -0.4 is 5.32 Å². The molecule has 1 aliphatic heterocycles. The van der Waals surface area contributed by atoms with Gasteiger partial charge in [0.15, 0.2) is 0 Å². The molecule has 2 N–H and O–H groups in total. The minimum atomic E-state index is -4.60. The first-order valence-electron chi connectivity index (χ1n) is 4.29. The van der Waals surface area contributed by atoms with E-state index in [1.165, 1.54) is 0 Å². The molecule has 0 radical (unpaired) electrons. The molecule has 1 fully saturated rings. The van der Waals surface area contributed by atoms with Crippen LogP contribution in [0.2, 0.25) is 0 Å². The maximum atomic E-state index is 12.1. The summed E-state index contributed by atoms with van der Waals surface area (Å²) in [5.41, 5.74) is 0. The number of aliphatic hydroxyl groups excluding tert-OH is 1. The smallest absolute Gasteiger partial charge is 0.392 e. The Kier molecular flexibility index (Phi) is 2.39. The van der Waals surface area contributed by atoms with Gasteiger partial charge < -0.3 is 14.9 Å². The Morgan fingerprint density at radius 3 is 2.67 bits per heavy atom. The lowest BCUT2D eigenvalue weighted by molar-refractivity contribution is -0.146. The maximum absolute atomic E-state index is 12.1. The standard InChI is InChI=1S/C7H8F3N3O2/c8-7(9,10)6-12-5(15-13-6)4-1-3(14)2-11-4/h3-4,11,14H,1-2H2/t3-,4+/m1/s1. The molecular formula is C7H8F3N3O2. The number of nitrogens with zero attached hydrogens (tertiary/aromatic N) is 2. The van der Waals surface area contributed by atoms with E-state index in [1.807, 2.05) is 0 Å². The molecule has 1 aromatic heterocycles. The van der Waals surface area contributed by atoms with Gasteiger partial charge in [-0.1, -0.05) is 5.16 Å². The summed E-state index contributed by atoms with van der Waals surface area (Å²) in [7, 11) is 0. The van der Waals surface area contributed by atoms with Crippen molar-refractivity contribution in [2.75, 3.05) is 6.54 Å². The zero-order valence-electron chi connectivity index (χ0n) is 7.45. The predicted octanol–water partition coefficient (Wildman–Crippen LogP) is 0.484. The maximum Gasteiger partial charge on any atom is 0.455 e. The lowest BCUT2D eigenvalue weighted by Crippen LogP contribution is -2.15. The Labute approximate surface area is 82.3 Å². The van der Waals surface area contributed by atoms with Crippen LogP contribution in [0.15, 0.2) is 4.52 Å². The molecule has 0 amide bonds. The summed E-state index contributed by atoms with van der Waals surface area (Å²) in [6, 6.07) is -0.497. The van der Waals surface area contributed by atoms with E-state index in [4.69, 9.17) is 5.11 Å². The van der Waals surface area contributed by atoms with Crippen molar-refractivity contribution in [1.29, 1.82) is 0 Å². The average Bonchev–Trinajstić information content (AvgIpc) is 2.69. The third-order valence-corrected chi connectivity index (χ3v) is 2.10. The molecule has 84 valence electrons. The van der Waals surface area contributed by atoms with Crippen molar-refractivity contribution >= 4 is 0 Å². The van der Waals surface area contributed by atoms with Crippen molar-refractivity contribution in [2.45, 2.75) is 24.7 Å². The highest BCUT2D eigenvalue weighted by Crippen LogP contribution is 2.29. The summed E-state index contributed by atoms with van der Waals surface area (Å²) in [4.78, 5) is 3.22. The lowest BCUT2D eigenvalue weighted by Gasteiger charge is -2.01. The van der Waals surface area contributed by atoms with Crippen molar-refractivity contribution in [3.05, 3.63) is 11.7 Å². The number of halogens is 3. The van der Waals surface area contributed by atoms with Crippen LogP contribution in [-0.2, 0) is 6.18 Å². The lowest BCUT2D eigenvalue weighted by atomic mass is 10.2. The Morgan fingerprint density at radius 1 is 1.47 bits per heavy atom. The number of aromatic nitrogens is 2. The third-order valence-electron chi connectivity index (χ3n) is 2.10. The van der Waals surface area contributed by atoms with Gasteiger partial charge >= 0.3 is 6.18 Å². The Bertz CT molecular complexity index is 351. The SMILES string of the molecule is O[C@H]1CN[C@H](c2nc(C(F)(F)F)no2)C1. The number of nitrogens with one attached hydrogen (secondary N) is 1. The minimum Gasteiger partial charge on any atom is -0.392 e.